The Morgan fingerprint density at radius 3 is 2.36 bits per heavy atom. The van der Waals surface area contributed by atoms with Crippen LogP contribution in [0.4, 0.5) is 10.5 Å². The maximum absolute atomic E-state index is 12.5. The smallest absolute Gasteiger partial charge is 0.319 e. The number of anilines is 1. The molecule has 0 unspecified atom stereocenters. The van der Waals surface area contributed by atoms with E-state index in [2.05, 4.69) is 23.0 Å². The number of hydrogen-bond acceptors (Lipinski definition) is 2. The Labute approximate surface area is 136 Å². The number of benzene rings is 1. The van der Waals surface area contributed by atoms with Crippen LogP contribution in [0.25, 0.3) is 0 Å². The molecule has 3 nitrogen and oxygen atoms in total. The molecule has 0 aromatic heterocycles. The van der Waals surface area contributed by atoms with Crippen LogP contribution in [0, 0.1) is 17.8 Å². The van der Waals surface area contributed by atoms with Crippen LogP contribution in [-0.2, 0) is 0 Å². The van der Waals surface area contributed by atoms with Crippen molar-refractivity contribution in [2.24, 2.45) is 17.8 Å². The molecule has 118 valence electrons. The van der Waals surface area contributed by atoms with Gasteiger partial charge in [0.15, 0.2) is 0 Å². The number of urea groups is 1. The molecule has 5 rings (SSSR count). The highest BCUT2D eigenvalue weighted by molar-refractivity contribution is 7.98. The summed E-state index contributed by atoms with van der Waals surface area (Å²) in [6.45, 7) is 0. The zero-order valence-corrected chi connectivity index (χ0v) is 13.9. The highest BCUT2D eigenvalue weighted by atomic mass is 32.2. The van der Waals surface area contributed by atoms with Crippen molar-refractivity contribution in [1.29, 1.82) is 0 Å². The zero-order chi connectivity index (χ0) is 15.2. The molecule has 2 N–H and O–H groups in total. The molecule has 4 bridgehead atoms. The van der Waals surface area contributed by atoms with Gasteiger partial charge in [0.05, 0.1) is 0 Å². The predicted octanol–water partition coefficient (Wildman–Crippen LogP) is 4.50. The van der Waals surface area contributed by atoms with Gasteiger partial charge < -0.3 is 10.6 Å². The highest BCUT2D eigenvalue weighted by Crippen LogP contribution is 2.55. The molecule has 0 heterocycles. The van der Waals surface area contributed by atoms with Gasteiger partial charge in [0.1, 0.15) is 0 Å². The summed E-state index contributed by atoms with van der Waals surface area (Å²) in [5.74, 6) is 2.56. The number of carbonyl (C=O) groups is 1. The Bertz CT molecular complexity index is 551. The van der Waals surface area contributed by atoms with Gasteiger partial charge in [-0.1, -0.05) is 6.07 Å². The van der Waals surface area contributed by atoms with E-state index < -0.39 is 0 Å². The van der Waals surface area contributed by atoms with Gasteiger partial charge in [0.2, 0.25) is 0 Å². The monoisotopic (exact) mass is 316 g/mol. The summed E-state index contributed by atoms with van der Waals surface area (Å²) in [5.41, 5.74) is 0.963. The lowest BCUT2D eigenvalue weighted by Gasteiger charge is -2.56. The zero-order valence-electron chi connectivity index (χ0n) is 13.1. The third-order valence-corrected chi connectivity index (χ3v) is 6.47. The van der Waals surface area contributed by atoms with E-state index in [1.165, 1.54) is 43.4 Å². The summed E-state index contributed by atoms with van der Waals surface area (Å²) in [7, 11) is 0. The molecule has 0 radical (unpaired) electrons. The maximum atomic E-state index is 12.5. The summed E-state index contributed by atoms with van der Waals surface area (Å²) >= 11 is 1.69. The Hall–Kier alpha value is -1.16. The minimum atomic E-state index is -0.0276. The first-order chi connectivity index (χ1) is 10.6. The lowest BCUT2D eigenvalue weighted by molar-refractivity contribution is -0.0127. The average molecular weight is 316 g/mol. The molecule has 0 spiro atoms. The lowest BCUT2D eigenvalue weighted by atomic mass is 9.53. The van der Waals surface area contributed by atoms with Crippen molar-refractivity contribution >= 4 is 23.5 Å². The van der Waals surface area contributed by atoms with Gasteiger partial charge in [0.25, 0.3) is 0 Å². The second-order valence-corrected chi connectivity index (χ2v) is 8.39. The minimum Gasteiger partial charge on any atom is -0.332 e. The standard InChI is InChI=1S/C18H24N2OS/c1-22-16-4-2-3-15(8-16)19-17(21)20-18-9-12-5-13(10-18)7-14(6-12)11-18/h2-4,8,12-14H,5-7,9-11H2,1H3,(H2,19,20,21). The molecule has 4 saturated carbocycles. The average Bonchev–Trinajstić information content (AvgIpc) is 2.45. The maximum Gasteiger partial charge on any atom is 0.319 e. The molecular weight excluding hydrogens is 292 g/mol. The van der Waals surface area contributed by atoms with E-state index in [0.717, 1.165) is 23.4 Å². The van der Waals surface area contributed by atoms with Crippen LogP contribution < -0.4 is 10.6 Å². The van der Waals surface area contributed by atoms with Crippen LogP contribution >= 0.6 is 11.8 Å². The van der Waals surface area contributed by atoms with Crippen LogP contribution in [0.15, 0.2) is 29.2 Å². The Kier molecular flexibility index (Phi) is 3.60. The molecule has 0 aliphatic heterocycles. The number of rotatable bonds is 3. The number of thioether (sulfide) groups is 1. The largest absolute Gasteiger partial charge is 0.332 e. The fourth-order valence-corrected chi connectivity index (χ4v) is 5.83. The van der Waals surface area contributed by atoms with Gasteiger partial charge >= 0.3 is 6.03 Å². The summed E-state index contributed by atoms with van der Waals surface area (Å²) in [5, 5.41) is 6.38. The van der Waals surface area contributed by atoms with Crippen molar-refractivity contribution in [2.75, 3.05) is 11.6 Å². The topological polar surface area (TPSA) is 41.1 Å². The first kappa shape index (κ1) is 14.4. The fourth-order valence-electron chi connectivity index (χ4n) is 5.37. The quantitative estimate of drug-likeness (QED) is 0.806. The number of amides is 2. The Balaban J connectivity index is 1.43. The van der Waals surface area contributed by atoms with Gasteiger partial charge in [-0.05, 0) is 80.7 Å². The molecule has 1 aromatic carbocycles. The van der Waals surface area contributed by atoms with Crippen LogP contribution in [-0.4, -0.2) is 17.8 Å². The molecule has 4 aliphatic carbocycles. The molecule has 2 amide bonds. The van der Waals surface area contributed by atoms with Gasteiger partial charge in [-0.25, -0.2) is 4.79 Å². The third-order valence-electron chi connectivity index (χ3n) is 5.74. The highest BCUT2D eigenvalue weighted by Gasteiger charge is 2.51. The molecule has 1 aromatic rings. The van der Waals surface area contributed by atoms with Crippen molar-refractivity contribution in [1.82, 2.24) is 5.32 Å². The van der Waals surface area contributed by atoms with Crippen LogP contribution in [0.1, 0.15) is 38.5 Å². The van der Waals surface area contributed by atoms with Crippen molar-refractivity contribution in [3.05, 3.63) is 24.3 Å². The molecule has 4 fully saturated rings. The molecule has 4 aliphatic rings. The summed E-state index contributed by atoms with van der Waals surface area (Å²) in [6, 6.07) is 8.02. The normalized spacial score (nSPS) is 35.4. The summed E-state index contributed by atoms with van der Waals surface area (Å²) in [4.78, 5) is 13.6. The molecule has 0 saturated heterocycles. The van der Waals surface area contributed by atoms with E-state index in [1.807, 2.05) is 18.2 Å². The first-order valence-corrected chi connectivity index (χ1v) is 9.60. The Morgan fingerprint density at radius 2 is 1.77 bits per heavy atom. The van der Waals surface area contributed by atoms with Crippen molar-refractivity contribution < 1.29 is 4.79 Å². The van der Waals surface area contributed by atoms with Crippen LogP contribution in [0.3, 0.4) is 0 Å². The van der Waals surface area contributed by atoms with E-state index in [4.69, 9.17) is 0 Å². The molecule has 0 atom stereocenters. The van der Waals surface area contributed by atoms with Gasteiger partial charge in [-0.2, -0.15) is 0 Å². The second-order valence-electron chi connectivity index (χ2n) is 7.51. The second kappa shape index (κ2) is 5.48. The number of nitrogens with one attached hydrogen (secondary N) is 2. The molecule has 4 heteroatoms. The van der Waals surface area contributed by atoms with E-state index in [0.29, 0.717) is 0 Å². The van der Waals surface area contributed by atoms with E-state index in [1.54, 1.807) is 11.8 Å². The lowest BCUT2D eigenvalue weighted by Crippen LogP contribution is -2.60. The van der Waals surface area contributed by atoms with Gasteiger partial charge in [0, 0.05) is 16.1 Å². The third kappa shape index (κ3) is 2.73. The van der Waals surface area contributed by atoms with Gasteiger partial charge in [-0.3, -0.25) is 0 Å². The fraction of sp³-hybridized carbons (Fsp3) is 0.611. The van der Waals surface area contributed by atoms with Crippen molar-refractivity contribution in [3.8, 4) is 0 Å². The molecule has 22 heavy (non-hydrogen) atoms. The summed E-state index contributed by atoms with van der Waals surface area (Å²) < 4.78 is 0. The first-order valence-electron chi connectivity index (χ1n) is 8.37. The van der Waals surface area contributed by atoms with Crippen molar-refractivity contribution in [2.45, 2.75) is 49.0 Å². The van der Waals surface area contributed by atoms with Crippen LogP contribution in [0.5, 0.6) is 0 Å². The molecular formula is C18H24N2OS. The summed E-state index contributed by atoms with van der Waals surface area (Å²) in [6.07, 6.45) is 9.83. The van der Waals surface area contributed by atoms with E-state index >= 15 is 0 Å². The van der Waals surface area contributed by atoms with E-state index in [-0.39, 0.29) is 11.6 Å². The van der Waals surface area contributed by atoms with Crippen molar-refractivity contribution in [3.63, 3.8) is 0 Å². The number of carbonyl (C=O) groups excluding carboxylic acids is 1. The Morgan fingerprint density at radius 1 is 1.14 bits per heavy atom. The van der Waals surface area contributed by atoms with Crippen LogP contribution in [0.2, 0.25) is 0 Å². The van der Waals surface area contributed by atoms with E-state index in [9.17, 15) is 4.79 Å². The number of hydrogen-bond donors (Lipinski definition) is 2. The van der Waals surface area contributed by atoms with Gasteiger partial charge in [-0.15, -0.1) is 11.8 Å². The SMILES string of the molecule is CSc1cccc(NC(=O)NC23CC4CC(CC(C4)C2)C3)c1. The predicted molar refractivity (Wildman–Crippen MR) is 91.3 cm³/mol. The minimum absolute atomic E-state index is 0.0276.